The second-order valence-electron chi connectivity index (χ2n) is 6.86. The standard InChI is InChI=1S/C17H21F3N2O3/c1-16(2,3)25-15(24)22-7-6-21-9-14(22)12-5-4-11(10-23)8-13(12)17(18,19)20/h4-5,8,10,14,21H,6-7,9H2,1-3H3. The lowest BCUT2D eigenvalue weighted by molar-refractivity contribution is -0.138. The van der Waals surface area contributed by atoms with Crippen LogP contribution in [0, 0.1) is 0 Å². The van der Waals surface area contributed by atoms with E-state index < -0.39 is 29.5 Å². The van der Waals surface area contributed by atoms with Crippen LogP contribution in [0.25, 0.3) is 0 Å². The molecule has 1 atom stereocenters. The van der Waals surface area contributed by atoms with Crippen molar-refractivity contribution in [3.8, 4) is 0 Å². The minimum absolute atomic E-state index is 0.0591. The molecule has 1 fully saturated rings. The maximum absolute atomic E-state index is 13.4. The topological polar surface area (TPSA) is 58.6 Å². The third-order valence-electron chi connectivity index (χ3n) is 3.75. The number of rotatable bonds is 2. The molecule has 1 aromatic rings. The van der Waals surface area contributed by atoms with Crippen molar-refractivity contribution in [3.05, 3.63) is 34.9 Å². The van der Waals surface area contributed by atoms with E-state index in [4.69, 9.17) is 4.74 Å². The van der Waals surface area contributed by atoms with E-state index in [2.05, 4.69) is 5.32 Å². The second kappa shape index (κ2) is 7.03. The van der Waals surface area contributed by atoms with Gasteiger partial charge in [0, 0.05) is 25.2 Å². The summed E-state index contributed by atoms with van der Waals surface area (Å²) in [7, 11) is 0. The average molecular weight is 358 g/mol. The van der Waals surface area contributed by atoms with E-state index in [9.17, 15) is 22.8 Å². The Balaban J connectivity index is 2.43. The van der Waals surface area contributed by atoms with Gasteiger partial charge >= 0.3 is 12.3 Å². The molecule has 1 unspecified atom stereocenters. The molecule has 8 heteroatoms. The molecule has 1 heterocycles. The predicted molar refractivity (Wildman–Crippen MR) is 85.4 cm³/mol. The van der Waals surface area contributed by atoms with Crippen molar-refractivity contribution in [2.75, 3.05) is 19.6 Å². The number of ether oxygens (including phenoxy) is 1. The molecule has 0 bridgehead atoms. The molecule has 0 aliphatic carbocycles. The van der Waals surface area contributed by atoms with Crippen LogP contribution >= 0.6 is 0 Å². The quantitative estimate of drug-likeness (QED) is 0.824. The fraction of sp³-hybridized carbons (Fsp3) is 0.529. The molecule has 0 radical (unpaired) electrons. The summed E-state index contributed by atoms with van der Waals surface area (Å²) in [6, 6.07) is 2.55. The lowest BCUT2D eigenvalue weighted by Crippen LogP contribution is -2.50. The Labute approximate surface area is 144 Å². The molecule has 0 saturated carbocycles. The Morgan fingerprint density at radius 2 is 2.00 bits per heavy atom. The number of hydrogen-bond donors (Lipinski definition) is 1. The van der Waals surface area contributed by atoms with Gasteiger partial charge in [0.1, 0.15) is 11.9 Å². The minimum atomic E-state index is -4.63. The van der Waals surface area contributed by atoms with Crippen molar-refractivity contribution in [3.63, 3.8) is 0 Å². The summed E-state index contributed by atoms with van der Waals surface area (Å²) in [6.07, 6.45) is -4.93. The van der Waals surface area contributed by atoms with Crippen molar-refractivity contribution in [1.29, 1.82) is 0 Å². The molecular weight excluding hydrogens is 337 g/mol. The average Bonchev–Trinajstić information content (AvgIpc) is 2.52. The fourth-order valence-corrected chi connectivity index (χ4v) is 2.70. The highest BCUT2D eigenvalue weighted by molar-refractivity contribution is 5.75. The number of alkyl halides is 3. The first-order valence-corrected chi connectivity index (χ1v) is 7.89. The summed E-state index contributed by atoms with van der Waals surface area (Å²) in [5.74, 6) is 0. The summed E-state index contributed by atoms with van der Waals surface area (Å²) in [5.41, 5.74) is -1.79. The van der Waals surface area contributed by atoms with E-state index in [1.54, 1.807) is 20.8 Å². The maximum Gasteiger partial charge on any atom is 0.416 e. The van der Waals surface area contributed by atoms with Crippen LogP contribution in [0.5, 0.6) is 0 Å². The molecule has 1 N–H and O–H groups in total. The first kappa shape index (κ1) is 19.2. The maximum atomic E-state index is 13.4. The predicted octanol–water partition coefficient (Wildman–Crippen LogP) is 3.40. The number of nitrogens with one attached hydrogen (secondary N) is 1. The van der Waals surface area contributed by atoms with Crippen molar-refractivity contribution in [1.82, 2.24) is 10.2 Å². The monoisotopic (exact) mass is 358 g/mol. The SMILES string of the molecule is CC(C)(C)OC(=O)N1CCNCC1c1ccc(C=O)cc1C(F)(F)F. The molecule has 1 aliphatic heterocycles. The van der Waals surface area contributed by atoms with Crippen LogP contribution in [0.3, 0.4) is 0 Å². The van der Waals surface area contributed by atoms with Gasteiger partial charge in [-0.1, -0.05) is 12.1 Å². The Kier molecular flexibility index (Phi) is 5.41. The van der Waals surface area contributed by atoms with E-state index in [-0.39, 0.29) is 24.2 Å². The third kappa shape index (κ3) is 4.72. The van der Waals surface area contributed by atoms with Crippen LogP contribution in [-0.4, -0.2) is 42.5 Å². The Bertz CT molecular complexity index is 654. The third-order valence-corrected chi connectivity index (χ3v) is 3.75. The van der Waals surface area contributed by atoms with Crippen LogP contribution < -0.4 is 5.32 Å². The van der Waals surface area contributed by atoms with Crippen molar-refractivity contribution in [2.24, 2.45) is 0 Å². The summed E-state index contributed by atoms with van der Waals surface area (Å²) in [6.45, 7) is 5.95. The number of aldehydes is 1. The van der Waals surface area contributed by atoms with E-state index in [1.807, 2.05) is 0 Å². The van der Waals surface area contributed by atoms with Gasteiger partial charge in [0.15, 0.2) is 0 Å². The van der Waals surface area contributed by atoms with Crippen LogP contribution in [0.15, 0.2) is 18.2 Å². The molecule has 25 heavy (non-hydrogen) atoms. The van der Waals surface area contributed by atoms with Crippen molar-refractivity contribution >= 4 is 12.4 Å². The number of carbonyl (C=O) groups excluding carboxylic acids is 2. The normalized spacial score (nSPS) is 18.8. The zero-order valence-corrected chi connectivity index (χ0v) is 14.3. The van der Waals surface area contributed by atoms with Crippen LogP contribution in [0.4, 0.5) is 18.0 Å². The molecule has 2 rings (SSSR count). The van der Waals surface area contributed by atoms with Gasteiger partial charge in [-0.05, 0) is 32.4 Å². The highest BCUT2D eigenvalue weighted by atomic mass is 19.4. The van der Waals surface area contributed by atoms with Crippen molar-refractivity contribution in [2.45, 2.75) is 38.6 Å². The van der Waals surface area contributed by atoms with E-state index >= 15 is 0 Å². The summed E-state index contributed by atoms with van der Waals surface area (Å²) in [5, 5.41) is 3.00. The van der Waals surface area contributed by atoms with Gasteiger partial charge in [0.2, 0.25) is 0 Å². The zero-order valence-electron chi connectivity index (χ0n) is 14.3. The van der Waals surface area contributed by atoms with E-state index in [0.29, 0.717) is 12.8 Å². The van der Waals surface area contributed by atoms with Gasteiger partial charge in [-0.3, -0.25) is 9.69 Å². The lowest BCUT2D eigenvalue weighted by Gasteiger charge is -2.38. The molecule has 0 spiro atoms. The molecule has 1 amide bonds. The molecule has 0 aromatic heterocycles. The van der Waals surface area contributed by atoms with Crippen molar-refractivity contribution < 1.29 is 27.5 Å². The molecule has 5 nitrogen and oxygen atoms in total. The first-order chi connectivity index (χ1) is 11.5. The summed E-state index contributed by atoms with van der Waals surface area (Å²) in [4.78, 5) is 24.6. The largest absolute Gasteiger partial charge is 0.444 e. The Morgan fingerprint density at radius 1 is 1.32 bits per heavy atom. The lowest BCUT2D eigenvalue weighted by atomic mass is 9.95. The molecular formula is C17H21F3N2O3. The van der Waals surface area contributed by atoms with Crippen LogP contribution in [0.2, 0.25) is 0 Å². The molecule has 1 aliphatic rings. The zero-order chi connectivity index (χ0) is 18.8. The van der Waals surface area contributed by atoms with E-state index in [0.717, 1.165) is 6.07 Å². The molecule has 138 valence electrons. The number of hydrogen-bond acceptors (Lipinski definition) is 4. The van der Waals surface area contributed by atoms with E-state index in [1.165, 1.54) is 17.0 Å². The molecule has 1 saturated heterocycles. The smallest absolute Gasteiger partial charge is 0.416 e. The number of halogens is 3. The minimum Gasteiger partial charge on any atom is -0.444 e. The second-order valence-corrected chi connectivity index (χ2v) is 6.86. The van der Waals surface area contributed by atoms with Crippen LogP contribution in [0.1, 0.15) is 48.3 Å². The van der Waals surface area contributed by atoms with Gasteiger partial charge in [-0.2, -0.15) is 13.2 Å². The van der Waals surface area contributed by atoms with Gasteiger partial charge in [-0.25, -0.2) is 4.79 Å². The number of piperazine rings is 1. The highest BCUT2D eigenvalue weighted by Crippen LogP contribution is 2.37. The number of benzene rings is 1. The van der Waals surface area contributed by atoms with Gasteiger partial charge in [0.05, 0.1) is 11.6 Å². The number of nitrogens with zero attached hydrogens (tertiary/aromatic N) is 1. The van der Waals surface area contributed by atoms with Gasteiger partial charge in [0.25, 0.3) is 0 Å². The van der Waals surface area contributed by atoms with Crippen LogP contribution in [-0.2, 0) is 10.9 Å². The Hall–Kier alpha value is -2.09. The Morgan fingerprint density at radius 3 is 2.56 bits per heavy atom. The highest BCUT2D eigenvalue weighted by Gasteiger charge is 2.39. The fourth-order valence-electron chi connectivity index (χ4n) is 2.70. The number of carbonyl (C=O) groups is 2. The van der Waals surface area contributed by atoms with Gasteiger partial charge in [-0.15, -0.1) is 0 Å². The summed E-state index contributed by atoms with van der Waals surface area (Å²) >= 11 is 0. The number of amides is 1. The van der Waals surface area contributed by atoms with Gasteiger partial charge < -0.3 is 10.1 Å². The molecule has 1 aromatic carbocycles. The first-order valence-electron chi connectivity index (χ1n) is 7.89. The summed E-state index contributed by atoms with van der Waals surface area (Å²) < 4.78 is 45.7.